The maximum atomic E-state index is 13.6. The van der Waals surface area contributed by atoms with Crippen LogP contribution in [0.15, 0.2) is 12.1 Å². The summed E-state index contributed by atoms with van der Waals surface area (Å²) in [6.45, 7) is 1.85. The molecule has 0 spiro atoms. The second-order valence-electron chi connectivity index (χ2n) is 9.74. The zero-order valence-electron chi connectivity index (χ0n) is 19.1. The first-order valence-electron chi connectivity index (χ1n) is 12.0. The van der Waals surface area contributed by atoms with Crippen LogP contribution in [0.2, 0.25) is 0 Å². The number of aliphatic hydroxyl groups excluding tert-OH is 1. The molecule has 182 valence electrons. The van der Waals surface area contributed by atoms with Crippen LogP contribution in [-0.4, -0.2) is 69.8 Å². The molecule has 5 heterocycles. The van der Waals surface area contributed by atoms with Gasteiger partial charge in [0.25, 0.3) is 5.91 Å². The summed E-state index contributed by atoms with van der Waals surface area (Å²) in [7, 11) is 0. The second-order valence-corrected chi connectivity index (χ2v) is 11.0. The minimum Gasteiger partial charge on any atom is -0.389 e. The highest BCUT2D eigenvalue weighted by Crippen LogP contribution is 2.41. The summed E-state index contributed by atoms with van der Waals surface area (Å²) in [5, 5.41) is 15.0. The van der Waals surface area contributed by atoms with Gasteiger partial charge in [-0.1, -0.05) is 0 Å². The number of Topliss-reactive ketones (excluding diaryl/α,β-unsaturated/α-hetero) is 1. The predicted octanol–water partition coefficient (Wildman–Crippen LogP) is 1.49. The number of amides is 3. The number of thiophene rings is 1. The van der Waals surface area contributed by atoms with E-state index in [0.717, 1.165) is 40.8 Å². The first-order chi connectivity index (χ1) is 16.4. The molecule has 4 aliphatic rings. The molecule has 6 rings (SSSR count). The van der Waals surface area contributed by atoms with E-state index < -0.39 is 24.5 Å². The van der Waals surface area contributed by atoms with E-state index in [9.17, 15) is 24.3 Å². The van der Waals surface area contributed by atoms with Crippen LogP contribution in [0.5, 0.6) is 0 Å². The summed E-state index contributed by atoms with van der Waals surface area (Å²) >= 11 is 1.61. The molecule has 3 saturated heterocycles. The summed E-state index contributed by atoms with van der Waals surface area (Å²) in [4.78, 5) is 57.7. The lowest BCUT2D eigenvalue weighted by Crippen LogP contribution is -2.64. The lowest BCUT2D eigenvalue weighted by atomic mass is 9.74. The van der Waals surface area contributed by atoms with Crippen molar-refractivity contribution in [2.45, 2.75) is 63.6 Å². The minimum atomic E-state index is -0.956. The van der Waals surface area contributed by atoms with Crippen molar-refractivity contribution in [2.75, 3.05) is 13.2 Å². The fourth-order valence-corrected chi connectivity index (χ4v) is 6.80. The Morgan fingerprint density at radius 1 is 1.21 bits per heavy atom. The number of piperidine rings is 2. The van der Waals surface area contributed by atoms with E-state index in [2.05, 4.69) is 15.6 Å². The first kappa shape index (κ1) is 23.0. The fraction of sp³-hybridized carbons (Fsp3) is 0.583. The van der Waals surface area contributed by atoms with Crippen molar-refractivity contribution in [3.05, 3.63) is 22.7 Å². The van der Waals surface area contributed by atoms with Crippen LogP contribution in [0.1, 0.15) is 53.9 Å². The third-order valence-corrected chi connectivity index (χ3v) is 8.58. The van der Waals surface area contributed by atoms with Gasteiger partial charge in [-0.3, -0.25) is 19.2 Å². The number of nitrogens with one attached hydrogen (secondary N) is 3. The zero-order valence-corrected chi connectivity index (χ0v) is 20.0. The molecule has 1 saturated carbocycles. The zero-order chi connectivity index (χ0) is 24.0. The maximum Gasteiger partial charge on any atom is 0.271 e. The number of hydrogen-bond donors (Lipinski definition) is 4. The molecule has 34 heavy (non-hydrogen) atoms. The Bertz CT molecular complexity index is 1100. The van der Waals surface area contributed by atoms with Crippen molar-refractivity contribution in [3.8, 4) is 0 Å². The van der Waals surface area contributed by atoms with Gasteiger partial charge in [0.05, 0.1) is 16.3 Å². The fourth-order valence-electron chi connectivity index (χ4n) is 5.88. The lowest BCUT2D eigenvalue weighted by molar-refractivity contribution is -0.137. The van der Waals surface area contributed by atoms with Crippen molar-refractivity contribution in [1.29, 1.82) is 0 Å². The Morgan fingerprint density at radius 2 is 1.97 bits per heavy atom. The molecule has 9 nitrogen and oxygen atoms in total. The number of aryl methyl sites for hydroxylation is 1. The number of rotatable bonds is 7. The Balaban J connectivity index is 1.38. The van der Waals surface area contributed by atoms with Crippen LogP contribution in [0.3, 0.4) is 0 Å². The van der Waals surface area contributed by atoms with Crippen LogP contribution >= 0.6 is 11.3 Å². The Labute approximate surface area is 201 Å². The van der Waals surface area contributed by atoms with E-state index in [-0.39, 0.29) is 42.0 Å². The van der Waals surface area contributed by atoms with Gasteiger partial charge in [-0.25, -0.2) is 0 Å². The number of carbonyl (C=O) groups is 4. The number of nitrogens with zero attached hydrogens (tertiary/aromatic N) is 1. The van der Waals surface area contributed by atoms with Crippen molar-refractivity contribution < 1.29 is 24.3 Å². The highest BCUT2D eigenvalue weighted by atomic mass is 32.1. The lowest BCUT2D eigenvalue weighted by Gasteiger charge is -2.50. The average molecular weight is 487 g/mol. The molecule has 0 radical (unpaired) electrons. The molecular formula is C24H30N4O5S. The molecule has 1 aliphatic carbocycles. The Hall–Kier alpha value is -2.72. The molecular weight excluding hydrogens is 456 g/mol. The summed E-state index contributed by atoms with van der Waals surface area (Å²) < 4.78 is 1.01. The third kappa shape index (κ3) is 4.13. The molecule has 2 bridgehead atoms. The number of H-pyrrole nitrogens is 1. The normalized spacial score (nSPS) is 27.1. The van der Waals surface area contributed by atoms with Crippen molar-refractivity contribution in [2.24, 2.45) is 11.8 Å². The number of carbonyl (C=O) groups excluding carboxylic acids is 4. The van der Waals surface area contributed by atoms with Gasteiger partial charge in [0, 0.05) is 23.4 Å². The van der Waals surface area contributed by atoms with Crippen LogP contribution < -0.4 is 10.6 Å². The number of aliphatic hydroxyl groups is 1. The smallest absolute Gasteiger partial charge is 0.271 e. The Morgan fingerprint density at radius 3 is 2.62 bits per heavy atom. The summed E-state index contributed by atoms with van der Waals surface area (Å²) in [6, 6.07) is 2.21. The molecule has 10 heteroatoms. The van der Waals surface area contributed by atoms with Gasteiger partial charge in [-0.15, -0.1) is 11.3 Å². The quantitative estimate of drug-likeness (QED) is 0.471. The highest BCUT2D eigenvalue weighted by molar-refractivity contribution is 7.19. The van der Waals surface area contributed by atoms with Gasteiger partial charge in [0.2, 0.25) is 11.8 Å². The van der Waals surface area contributed by atoms with Gasteiger partial charge >= 0.3 is 0 Å². The van der Waals surface area contributed by atoms with Gasteiger partial charge in [-0.05, 0) is 63.5 Å². The van der Waals surface area contributed by atoms with Crippen molar-refractivity contribution in [1.82, 2.24) is 20.5 Å². The number of aromatic amines is 1. The summed E-state index contributed by atoms with van der Waals surface area (Å²) in [5.41, 5.74) is 1.38. The van der Waals surface area contributed by atoms with Crippen LogP contribution in [0, 0.1) is 18.8 Å². The van der Waals surface area contributed by atoms with Crippen LogP contribution in [0.4, 0.5) is 0 Å². The van der Waals surface area contributed by atoms with Gasteiger partial charge < -0.3 is 25.6 Å². The first-order valence-corrected chi connectivity index (χ1v) is 12.8. The van der Waals surface area contributed by atoms with Crippen LogP contribution in [-0.2, 0) is 14.4 Å². The standard InChI is InChI=1S/C24H30N4O5S/c1-12-8-17-20(34-12)10-18(26-17)24(33)28-15-4-2-13(3-5-15)21(28)23(32)27-16(19(30)11-29)9-14-6-7-25-22(14)31/h8,10,13-16,21,26,29H,2-7,9,11H2,1H3,(H,25,31)(H,27,32)/t13?,14-,15?,16+,21-/m1/s1. The SMILES string of the molecule is Cc1cc2[nH]c(C(=O)N3C4CCC(CC4)[C@@H]3C(=O)N[C@@H](C[C@H]3CCNC3=O)C(=O)CO)cc2s1. The summed E-state index contributed by atoms with van der Waals surface area (Å²) in [5.74, 6) is -1.59. The topological polar surface area (TPSA) is 132 Å². The molecule has 4 N–H and O–H groups in total. The van der Waals surface area contributed by atoms with Crippen molar-refractivity contribution >= 4 is 45.1 Å². The van der Waals surface area contributed by atoms with E-state index in [4.69, 9.17) is 0 Å². The van der Waals surface area contributed by atoms with Crippen molar-refractivity contribution in [3.63, 3.8) is 0 Å². The number of fused-ring (bicyclic) bond motifs is 4. The number of aromatic nitrogens is 1. The monoisotopic (exact) mass is 486 g/mol. The molecule has 2 aromatic rings. The van der Waals surface area contributed by atoms with E-state index >= 15 is 0 Å². The second kappa shape index (κ2) is 9.14. The van der Waals surface area contributed by atoms with E-state index in [1.54, 1.807) is 16.2 Å². The number of ketones is 1. The molecule has 0 unspecified atom stereocenters. The predicted molar refractivity (Wildman–Crippen MR) is 126 cm³/mol. The van der Waals surface area contributed by atoms with Gasteiger partial charge in [0.15, 0.2) is 5.78 Å². The third-order valence-electron chi connectivity index (χ3n) is 7.59. The molecule has 3 amide bonds. The Kier molecular flexibility index (Phi) is 6.20. The highest BCUT2D eigenvalue weighted by Gasteiger charge is 2.48. The molecule has 3 atom stereocenters. The summed E-state index contributed by atoms with van der Waals surface area (Å²) in [6.07, 6.45) is 4.17. The minimum absolute atomic E-state index is 0.0203. The maximum absolute atomic E-state index is 13.6. The van der Waals surface area contributed by atoms with E-state index in [0.29, 0.717) is 18.7 Å². The molecule has 3 aliphatic heterocycles. The van der Waals surface area contributed by atoms with Crippen LogP contribution in [0.25, 0.3) is 10.2 Å². The van der Waals surface area contributed by atoms with Gasteiger partial charge in [-0.2, -0.15) is 0 Å². The van der Waals surface area contributed by atoms with E-state index in [1.807, 2.05) is 19.1 Å². The average Bonchev–Trinajstić information content (AvgIpc) is 3.52. The van der Waals surface area contributed by atoms with Gasteiger partial charge in [0.1, 0.15) is 18.3 Å². The number of hydrogen-bond acceptors (Lipinski definition) is 6. The van der Waals surface area contributed by atoms with E-state index in [1.165, 1.54) is 0 Å². The molecule has 4 fully saturated rings. The largest absolute Gasteiger partial charge is 0.389 e. The molecule has 2 aromatic heterocycles. The molecule has 0 aromatic carbocycles.